The van der Waals surface area contributed by atoms with Crippen molar-refractivity contribution in [3.05, 3.63) is 22.7 Å². The summed E-state index contributed by atoms with van der Waals surface area (Å²) in [6.45, 7) is 0.202. The molecule has 0 bridgehead atoms. The van der Waals surface area contributed by atoms with Gasteiger partial charge in [-0.15, -0.1) is 0 Å². The number of nitrogens with two attached hydrogens (primary N) is 1. The number of halogens is 2. The van der Waals surface area contributed by atoms with Gasteiger partial charge in [-0.25, -0.2) is 27.5 Å². The molecule has 198 valence electrons. The molecule has 2 rings (SSSR count). The van der Waals surface area contributed by atoms with Crippen LogP contribution >= 0.6 is 7.82 Å². The Hall–Kier alpha value is -2.49. The first-order valence-corrected chi connectivity index (χ1v) is 11.9. The highest BCUT2D eigenvalue weighted by molar-refractivity contribution is 7.47. The number of aromatic nitrogens is 2. The van der Waals surface area contributed by atoms with Crippen LogP contribution in [0.25, 0.3) is 0 Å². The van der Waals surface area contributed by atoms with Crippen LogP contribution in [0.15, 0.2) is 17.1 Å². The van der Waals surface area contributed by atoms with E-state index in [1.54, 1.807) is 0 Å². The third kappa shape index (κ3) is 8.30. The summed E-state index contributed by atoms with van der Waals surface area (Å²) in [4.78, 5) is 47.8. The van der Waals surface area contributed by atoms with Gasteiger partial charge in [0.1, 0.15) is 18.0 Å². The van der Waals surface area contributed by atoms with Gasteiger partial charge in [0, 0.05) is 18.7 Å². The van der Waals surface area contributed by atoms with E-state index in [4.69, 9.17) is 5.73 Å². The van der Waals surface area contributed by atoms with Gasteiger partial charge >= 0.3 is 25.5 Å². The van der Waals surface area contributed by atoms with E-state index in [1.807, 2.05) is 6.92 Å². The van der Waals surface area contributed by atoms with Gasteiger partial charge in [-0.1, -0.05) is 6.92 Å². The van der Waals surface area contributed by atoms with Gasteiger partial charge in [0.2, 0.25) is 6.79 Å². The Labute approximate surface area is 197 Å². The molecule has 0 saturated heterocycles. The van der Waals surface area contributed by atoms with E-state index in [2.05, 4.69) is 28.8 Å². The fourth-order valence-corrected chi connectivity index (χ4v) is 3.85. The molecular weight excluding hydrogens is 501 g/mol. The van der Waals surface area contributed by atoms with Crippen molar-refractivity contribution in [2.24, 2.45) is 5.92 Å². The third-order valence-corrected chi connectivity index (χ3v) is 5.90. The van der Waals surface area contributed by atoms with Crippen molar-refractivity contribution in [2.75, 3.05) is 38.8 Å². The number of nitrogens with one attached hydrogen (secondary N) is 1. The van der Waals surface area contributed by atoms with Crippen molar-refractivity contribution in [1.29, 1.82) is 0 Å². The normalized spacial score (nSPS) is 22.9. The minimum Gasteiger partial charge on any atom is -0.454 e. The van der Waals surface area contributed by atoms with Gasteiger partial charge < -0.3 is 30.5 Å². The molecule has 0 amide bonds. The fraction of sp³-hybridized carbons (Fsp3) is 0.667. The summed E-state index contributed by atoms with van der Waals surface area (Å²) in [5, 5.41) is 12.9. The Balaban J connectivity index is 1.80. The number of rotatable bonds is 13. The van der Waals surface area contributed by atoms with E-state index >= 15 is 0 Å². The number of anilines is 1. The summed E-state index contributed by atoms with van der Waals surface area (Å²) >= 11 is 0. The number of aliphatic hydroxyl groups is 1. The second kappa shape index (κ2) is 12.5. The van der Waals surface area contributed by atoms with Crippen LogP contribution in [0.3, 0.4) is 0 Å². The quantitative estimate of drug-likeness (QED) is 0.111. The lowest BCUT2D eigenvalue weighted by Gasteiger charge is -2.23. The number of phosphoric acid groups is 1. The lowest BCUT2D eigenvalue weighted by Crippen LogP contribution is -2.40. The van der Waals surface area contributed by atoms with Gasteiger partial charge in [0.15, 0.2) is 6.61 Å². The first-order valence-electron chi connectivity index (χ1n) is 10.4. The molecule has 0 aromatic carbocycles. The molecule has 1 aliphatic rings. The zero-order valence-corrected chi connectivity index (χ0v) is 19.6. The zero-order chi connectivity index (χ0) is 26.2. The number of esters is 2. The highest BCUT2D eigenvalue weighted by atomic mass is 31.2. The van der Waals surface area contributed by atoms with Crippen LogP contribution in [0.1, 0.15) is 25.8 Å². The number of ether oxygens (including phenoxy) is 2. The number of aliphatic hydroxyl groups excluding tert-OH is 1. The average molecular weight is 528 g/mol. The summed E-state index contributed by atoms with van der Waals surface area (Å²) in [7, 11) is -4.88. The van der Waals surface area contributed by atoms with E-state index in [0.29, 0.717) is 17.7 Å². The van der Waals surface area contributed by atoms with Gasteiger partial charge in [-0.2, -0.15) is 4.98 Å². The molecule has 17 heteroatoms. The van der Waals surface area contributed by atoms with Crippen molar-refractivity contribution in [3.63, 3.8) is 0 Å². The molecule has 1 saturated carbocycles. The molecule has 1 aromatic heterocycles. The Morgan fingerprint density at radius 3 is 2.71 bits per heavy atom. The van der Waals surface area contributed by atoms with Crippen LogP contribution in [-0.2, 0) is 32.7 Å². The Kier molecular flexibility index (Phi) is 10.2. The number of carbonyl (C=O) groups excluding carboxylic acids is 2. The SMILES string of the molecule is CCNCCC(=O)OCC(=O)OCOP(=O)(O)OC[C@H]1C[C@@H](n2ccc(N)nc2=O)C(F)(F)[C@@H]1O. The molecule has 0 spiro atoms. The number of hydrogen-bond donors (Lipinski definition) is 4. The summed E-state index contributed by atoms with van der Waals surface area (Å²) < 4.78 is 59.9. The van der Waals surface area contributed by atoms with E-state index in [9.17, 15) is 37.7 Å². The maximum Gasteiger partial charge on any atom is 0.475 e. The van der Waals surface area contributed by atoms with Crippen LogP contribution in [0.2, 0.25) is 0 Å². The molecule has 1 aliphatic carbocycles. The summed E-state index contributed by atoms with van der Waals surface area (Å²) in [6.07, 6.45) is -1.77. The van der Waals surface area contributed by atoms with Crippen LogP contribution in [0, 0.1) is 5.92 Å². The van der Waals surface area contributed by atoms with Crippen LogP contribution < -0.4 is 16.7 Å². The van der Waals surface area contributed by atoms with Crippen LogP contribution in [-0.4, -0.2) is 76.6 Å². The first kappa shape index (κ1) is 28.7. The molecule has 0 radical (unpaired) electrons. The highest BCUT2D eigenvalue weighted by Gasteiger charge is 2.58. The molecule has 1 unspecified atom stereocenters. The Morgan fingerprint density at radius 2 is 2.06 bits per heavy atom. The van der Waals surface area contributed by atoms with E-state index in [-0.39, 0.29) is 12.2 Å². The molecule has 1 aromatic rings. The lowest BCUT2D eigenvalue weighted by atomic mass is 10.1. The largest absolute Gasteiger partial charge is 0.475 e. The van der Waals surface area contributed by atoms with Crippen LogP contribution in [0.4, 0.5) is 14.6 Å². The average Bonchev–Trinajstić information content (AvgIpc) is 3.00. The minimum atomic E-state index is -4.88. The third-order valence-electron chi connectivity index (χ3n) is 4.99. The second-order valence-corrected chi connectivity index (χ2v) is 8.92. The predicted molar refractivity (Wildman–Crippen MR) is 113 cm³/mol. The molecular formula is C18H27F2N4O10P. The van der Waals surface area contributed by atoms with Crippen molar-refractivity contribution < 1.29 is 51.5 Å². The standard InChI is InChI=1S/C18H27F2N4O10P/c1-2-22-5-3-14(25)31-9-15(26)32-10-34-35(29,30)33-8-11-7-12(18(19,20)16(11)27)24-6-4-13(21)23-17(24)28/h4,6,11-12,16,22,27H,2-3,5,7-10H2,1H3,(H,29,30)(H2,21,23,28)/t11-,12-,16-/m1/s1. The molecule has 14 nitrogen and oxygen atoms in total. The summed E-state index contributed by atoms with van der Waals surface area (Å²) in [5.41, 5.74) is 4.29. The van der Waals surface area contributed by atoms with Crippen molar-refractivity contribution in [1.82, 2.24) is 14.9 Å². The van der Waals surface area contributed by atoms with Gasteiger partial charge in [0.25, 0.3) is 5.92 Å². The van der Waals surface area contributed by atoms with E-state index in [1.165, 1.54) is 0 Å². The predicted octanol–water partition coefficient (Wildman–Crippen LogP) is -0.440. The van der Waals surface area contributed by atoms with Gasteiger partial charge in [-0.05, 0) is 19.0 Å². The fourth-order valence-electron chi connectivity index (χ4n) is 3.21. The topological polar surface area (TPSA) is 202 Å². The number of nitrogens with zero attached hydrogens (tertiary/aromatic N) is 2. The first-order chi connectivity index (χ1) is 16.4. The van der Waals surface area contributed by atoms with Crippen molar-refractivity contribution in [3.8, 4) is 0 Å². The molecule has 5 N–H and O–H groups in total. The monoisotopic (exact) mass is 528 g/mol. The molecule has 1 fully saturated rings. The summed E-state index contributed by atoms with van der Waals surface area (Å²) in [5.74, 6) is -7.04. The maximum atomic E-state index is 14.6. The minimum absolute atomic E-state index is 0.0215. The number of phosphoric ester groups is 1. The van der Waals surface area contributed by atoms with Crippen molar-refractivity contribution in [2.45, 2.75) is 37.8 Å². The number of hydrogen-bond acceptors (Lipinski definition) is 12. The lowest BCUT2D eigenvalue weighted by molar-refractivity contribution is -0.163. The van der Waals surface area contributed by atoms with Crippen molar-refractivity contribution >= 4 is 25.6 Å². The van der Waals surface area contributed by atoms with Gasteiger partial charge in [0.05, 0.1) is 13.0 Å². The second-order valence-electron chi connectivity index (χ2n) is 7.47. The molecule has 1 heterocycles. The van der Waals surface area contributed by atoms with E-state index in [0.717, 1.165) is 12.3 Å². The molecule has 35 heavy (non-hydrogen) atoms. The molecule has 0 aliphatic heterocycles. The number of alkyl halides is 2. The highest BCUT2D eigenvalue weighted by Crippen LogP contribution is 2.49. The van der Waals surface area contributed by atoms with E-state index < -0.39 is 75.9 Å². The number of nitrogen functional groups attached to an aromatic ring is 1. The zero-order valence-electron chi connectivity index (χ0n) is 18.7. The maximum absolute atomic E-state index is 14.6. The smallest absolute Gasteiger partial charge is 0.454 e. The number of carbonyl (C=O) groups is 2. The Bertz CT molecular complexity index is 994. The summed E-state index contributed by atoms with van der Waals surface area (Å²) in [6, 6.07) is -0.665. The van der Waals surface area contributed by atoms with Crippen LogP contribution in [0.5, 0.6) is 0 Å². The Morgan fingerprint density at radius 1 is 1.34 bits per heavy atom. The van der Waals surface area contributed by atoms with Gasteiger partial charge in [-0.3, -0.25) is 13.9 Å². The molecule has 4 atom stereocenters.